The number of hydrogen-bond donors (Lipinski definition) is 0. The minimum atomic E-state index is 0.669. The molecule has 0 spiro atoms. The molecular weight excluding hydrogens is 667 g/mol. The molecule has 0 bridgehead atoms. The van der Waals surface area contributed by atoms with E-state index in [0.717, 1.165) is 65.7 Å². The number of benzene rings is 10. The van der Waals surface area contributed by atoms with Crippen LogP contribution in [0, 0.1) is 11.3 Å². The maximum atomic E-state index is 10.1. The third-order valence-electron chi connectivity index (χ3n) is 11.3. The van der Waals surface area contributed by atoms with E-state index in [1.54, 1.807) is 0 Å². The molecule has 55 heavy (non-hydrogen) atoms. The molecule has 0 amide bonds. The second-order valence-corrected chi connectivity index (χ2v) is 14.2. The predicted octanol–water partition coefficient (Wildman–Crippen LogP) is 14.7. The SMILES string of the molecule is N#Cc1ccccc1-c1c2ccccc2c(-c2ccc3oc4c(-c5c6ccccc6c(-c6ccccc6)c6ccccc56)cccc4c3c2)c2ccccc12. The average Bonchev–Trinajstić information content (AvgIpc) is 3.63. The second-order valence-electron chi connectivity index (χ2n) is 14.2. The normalized spacial score (nSPS) is 11.6. The monoisotopic (exact) mass is 697 g/mol. The van der Waals surface area contributed by atoms with Gasteiger partial charge in [-0.15, -0.1) is 0 Å². The van der Waals surface area contributed by atoms with Crippen LogP contribution < -0.4 is 0 Å². The van der Waals surface area contributed by atoms with E-state index in [1.807, 2.05) is 18.2 Å². The Balaban J connectivity index is 1.18. The first kappa shape index (κ1) is 31.1. The lowest BCUT2D eigenvalue weighted by atomic mass is 9.84. The van der Waals surface area contributed by atoms with E-state index in [-0.39, 0.29) is 0 Å². The fraction of sp³-hybridized carbons (Fsp3) is 0. The fourth-order valence-corrected chi connectivity index (χ4v) is 9.01. The summed E-state index contributed by atoms with van der Waals surface area (Å²) in [5.74, 6) is 0. The number of fused-ring (bicyclic) bond motifs is 7. The van der Waals surface area contributed by atoms with Crippen molar-refractivity contribution in [2.24, 2.45) is 0 Å². The number of nitriles is 1. The maximum Gasteiger partial charge on any atom is 0.143 e. The zero-order valence-electron chi connectivity index (χ0n) is 29.8. The van der Waals surface area contributed by atoms with Gasteiger partial charge < -0.3 is 4.42 Å². The lowest BCUT2D eigenvalue weighted by molar-refractivity contribution is 0.670. The molecule has 0 aliphatic carbocycles. The van der Waals surface area contributed by atoms with Gasteiger partial charge in [-0.3, -0.25) is 0 Å². The Morgan fingerprint density at radius 2 is 0.764 bits per heavy atom. The summed E-state index contributed by atoms with van der Waals surface area (Å²) >= 11 is 0. The predicted molar refractivity (Wildman–Crippen MR) is 230 cm³/mol. The quantitative estimate of drug-likeness (QED) is 0.172. The molecule has 0 saturated carbocycles. The highest BCUT2D eigenvalue weighted by Gasteiger charge is 2.22. The summed E-state index contributed by atoms with van der Waals surface area (Å²) < 4.78 is 6.89. The Hall–Kier alpha value is -7.47. The standard InChI is InChI=1S/C53H31NO/c54-32-35-17-4-5-18-36(35)51-41-23-10-8-21-39(41)50(40-22-9-11-24-42(40)51)34-29-30-48-47(31-34)45-27-14-28-46(53(45)55-48)52-43-25-12-6-19-37(43)49(33-15-2-1-3-16-33)38-20-7-13-26-44(38)52/h1-31H. The van der Waals surface area contributed by atoms with Crippen LogP contribution in [-0.2, 0) is 0 Å². The molecule has 10 aromatic carbocycles. The Morgan fingerprint density at radius 3 is 1.33 bits per heavy atom. The third kappa shape index (κ3) is 4.67. The lowest BCUT2D eigenvalue weighted by Crippen LogP contribution is -1.92. The number of rotatable bonds is 4. The molecule has 0 aliphatic heterocycles. The number of para-hydroxylation sites is 1. The molecule has 0 radical (unpaired) electrons. The van der Waals surface area contributed by atoms with Crippen molar-refractivity contribution in [2.45, 2.75) is 0 Å². The van der Waals surface area contributed by atoms with Crippen molar-refractivity contribution in [1.29, 1.82) is 5.26 Å². The van der Waals surface area contributed by atoms with Crippen molar-refractivity contribution in [1.82, 2.24) is 0 Å². The highest BCUT2D eigenvalue weighted by Crippen LogP contribution is 2.48. The maximum absolute atomic E-state index is 10.1. The average molecular weight is 698 g/mol. The number of hydrogen-bond acceptors (Lipinski definition) is 2. The summed E-state index contributed by atoms with van der Waals surface area (Å²) in [5.41, 5.74) is 11.5. The van der Waals surface area contributed by atoms with E-state index >= 15 is 0 Å². The van der Waals surface area contributed by atoms with Crippen LogP contribution in [0.3, 0.4) is 0 Å². The molecule has 11 rings (SSSR count). The van der Waals surface area contributed by atoms with E-state index in [1.165, 1.54) is 43.8 Å². The molecule has 0 unspecified atom stereocenters. The van der Waals surface area contributed by atoms with Gasteiger partial charge in [0.25, 0.3) is 0 Å². The topological polar surface area (TPSA) is 36.9 Å². The molecular formula is C53H31NO. The Labute approximate surface area is 317 Å². The zero-order chi connectivity index (χ0) is 36.5. The van der Waals surface area contributed by atoms with E-state index in [4.69, 9.17) is 4.42 Å². The van der Waals surface area contributed by atoms with Gasteiger partial charge in [-0.25, -0.2) is 0 Å². The molecule has 0 aliphatic rings. The molecule has 11 aromatic rings. The van der Waals surface area contributed by atoms with Crippen LogP contribution >= 0.6 is 0 Å². The van der Waals surface area contributed by atoms with Gasteiger partial charge in [-0.1, -0.05) is 170 Å². The van der Waals surface area contributed by atoms with Crippen LogP contribution in [0.5, 0.6) is 0 Å². The molecule has 0 N–H and O–H groups in total. The minimum Gasteiger partial charge on any atom is -0.455 e. The lowest BCUT2D eigenvalue weighted by Gasteiger charge is -2.18. The Morgan fingerprint density at radius 1 is 0.327 bits per heavy atom. The molecule has 254 valence electrons. The van der Waals surface area contributed by atoms with E-state index in [2.05, 4.69) is 176 Å². The molecule has 0 atom stereocenters. The molecule has 1 aromatic heterocycles. The van der Waals surface area contributed by atoms with Crippen LogP contribution in [0.4, 0.5) is 0 Å². The smallest absolute Gasteiger partial charge is 0.143 e. The van der Waals surface area contributed by atoms with Gasteiger partial charge in [-0.2, -0.15) is 5.26 Å². The van der Waals surface area contributed by atoms with E-state index in [9.17, 15) is 5.26 Å². The zero-order valence-corrected chi connectivity index (χ0v) is 29.8. The first-order valence-corrected chi connectivity index (χ1v) is 18.7. The molecule has 1 heterocycles. The summed E-state index contributed by atoms with van der Waals surface area (Å²) in [7, 11) is 0. The van der Waals surface area contributed by atoms with Crippen molar-refractivity contribution in [2.75, 3.05) is 0 Å². The Bertz CT molecular complexity index is 3270. The Kier molecular flexibility index (Phi) is 6.96. The second kappa shape index (κ2) is 12.3. The van der Waals surface area contributed by atoms with Gasteiger partial charge in [-0.05, 0) is 89.1 Å². The fourth-order valence-electron chi connectivity index (χ4n) is 9.01. The third-order valence-corrected chi connectivity index (χ3v) is 11.3. The van der Waals surface area contributed by atoms with Crippen molar-refractivity contribution < 1.29 is 4.42 Å². The summed E-state index contributed by atoms with van der Waals surface area (Å²) in [5, 5.41) is 21.7. The minimum absolute atomic E-state index is 0.669. The van der Waals surface area contributed by atoms with Crippen LogP contribution in [0.15, 0.2) is 192 Å². The number of nitrogens with zero attached hydrogens (tertiary/aromatic N) is 1. The van der Waals surface area contributed by atoms with Crippen molar-refractivity contribution >= 4 is 65.0 Å². The van der Waals surface area contributed by atoms with Crippen molar-refractivity contribution in [3.8, 4) is 50.6 Å². The van der Waals surface area contributed by atoms with Crippen LogP contribution in [0.2, 0.25) is 0 Å². The van der Waals surface area contributed by atoms with Crippen molar-refractivity contribution in [3.63, 3.8) is 0 Å². The molecule has 2 heteroatoms. The molecule has 0 fully saturated rings. The van der Waals surface area contributed by atoms with Gasteiger partial charge in [0.1, 0.15) is 11.2 Å². The summed E-state index contributed by atoms with van der Waals surface area (Å²) in [6.45, 7) is 0. The highest BCUT2D eigenvalue weighted by molar-refractivity contribution is 6.25. The summed E-state index contributed by atoms with van der Waals surface area (Å²) in [4.78, 5) is 0. The van der Waals surface area contributed by atoms with Gasteiger partial charge in [0.15, 0.2) is 0 Å². The van der Waals surface area contributed by atoms with Crippen LogP contribution in [0.25, 0.3) is 110 Å². The van der Waals surface area contributed by atoms with E-state index in [0.29, 0.717) is 5.56 Å². The van der Waals surface area contributed by atoms with E-state index < -0.39 is 0 Å². The van der Waals surface area contributed by atoms with Gasteiger partial charge in [0, 0.05) is 27.5 Å². The van der Waals surface area contributed by atoms with Gasteiger partial charge >= 0.3 is 0 Å². The summed E-state index contributed by atoms with van der Waals surface area (Å²) in [6.07, 6.45) is 0. The summed E-state index contributed by atoms with van der Waals surface area (Å²) in [6, 6.07) is 69.0. The highest BCUT2D eigenvalue weighted by atomic mass is 16.3. The first-order valence-electron chi connectivity index (χ1n) is 18.7. The number of furan rings is 1. The van der Waals surface area contributed by atoms with Crippen LogP contribution in [0.1, 0.15) is 5.56 Å². The molecule has 0 saturated heterocycles. The largest absolute Gasteiger partial charge is 0.455 e. The van der Waals surface area contributed by atoms with Crippen LogP contribution in [-0.4, -0.2) is 0 Å². The van der Waals surface area contributed by atoms with Gasteiger partial charge in [0.2, 0.25) is 0 Å². The van der Waals surface area contributed by atoms with Gasteiger partial charge in [0.05, 0.1) is 11.6 Å². The molecule has 2 nitrogen and oxygen atoms in total. The van der Waals surface area contributed by atoms with Crippen molar-refractivity contribution in [3.05, 3.63) is 194 Å². The first-order chi connectivity index (χ1) is 27.3.